The van der Waals surface area contributed by atoms with Gasteiger partial charge in [0.05, 0.1) is 18.5 Å². The molecule has 0 spiro atoms. The Kier molecular flexibility index (Phi) is 4.93. The van der Waals surface area contributed by atoms with Crippen LogP contribution in [0.2, 0.25) is 0 Å². The minimum Gasteiger partial charge on any atom is -0.467 e. The third-order valence-corrected chi connectivity index (χ3v) is 5.26. The van der Waals surface area contributed by atoms with Crippen molar-refractivity contribution in [3.63, 3.8) is 0 Å². The van der Waals surface area contributed by atoms with Gasteiger partial charge in [-0.25, -0.2) is 0 Å². The Balaban J connectivity index is 1.51. The first-order valence-corrected chi connectivity index (χ1v) is 9.50. The Morgan fingerprint density at radius 1 is 1.12 bits per heavy atom. The molecular formula is C20H20N4OS. The van der Waals surface area contributed by atoms with E-state index in [0.717, 1.165) is 22.4 Å². The average Bonchev–Trinajstić information content (AvgIpc) is 3.33. The third-order valence-electron chi connectivity index (χ3n) is 4.20. The van der Waals surface area contributed by atoms with Crippen molar-refractivity contribution in [2.24, 2.45) is 5.10 Å². The number of pyridine rings is 1. The van der Waals surface area contributed by atoms with E-state index in [1.807, 2.05) is 30.3 Å². The van der Waals surface area contributed by atoms with Crippen LogP contribution >= 0.6 is 11.8 Å². The highest BCUT2D eigenvalue weighted by molar-refractivity contribution is 8.13. The normalized spacial score (nSPS) is 16.4. The number of thioether (sulfide) groups is 1. The molecule has 2 aromatic heterocycles. The Hall–Kier alpha value is -2.73. The number of benzene rings is 1. The molecule has 0 bridgehead atoms. The lowest BCUT2D eigenvalue weighted by Crippen LogP contribution is -2.32. The first kappa shape index (κ1) is 16.7. The van der Waals surface area contributed by atoms with Crippen LogP contribution in [0.25, 0.3) is 0 Å². The summed E-state index contributed by atoms with van der Waals surface area (Å²) in [4.78, 5) is 6.68. The van der Waals surface area contributed by atoms with Gasteiger partial charge in [-0.1, -0.05) is 47.7 Å². The van der Waals surface area contributed by atoms with Gasteiger partial charge < -0.3 is 9.32 Å². The second-order valence-electron chi connectivity index (χ2n) is 6.16. The molecule has 0 aliphatic carbocycles. The minimum absolute atomic E-state index is 0.0955. The summed E-state index contributed by atoms with van der Waals surface area (Å²) in [6, 6.07) is 18.4. The number of nitrogens with one attached hydrogen (secondary N) is 1. The van der Waals surface area contributed by atoms with Gasteiger partial charge in [0.1, 0.15) is 5.76 Å². The van der Waals surface area contributed by atoms with Gasteiger partial charge in [-0.05, 0) is 36.8 Å². The molecule has 132 valence electrons. The van der Waals surface area contributed by atoms with Gasteiger partial charge in [0.25, 0.3) is 0 Å². The standard InChI is InChI=1S/C20H20N4OS/c1-15-7-9-16(10-8-15)14-26-20-23-22-19(18-6-2-3-11-21-18)24(20)13-17-5-4-12-25-17/h2-12,19,22H,13-14H2,1H3. The summed E-state index contributed by atoms with van der Waals surface area (Å²) < 4.78 is 5.55. The van der Waals surface area contributed by atoms with Crippen LogP contribution in [-0.4, -0.2) is 15.1 Å². The summed E-state index contributed by atoms with van der Waals surface area (Å²) in [5.41, 5.74) is 6.71. The summed E-state index contributed by atoms with van der Waals surface area (Å²) >= 11 is 1.72. The van der Waals surface area contributed by atoms with Gasteiger partial charge in [0, 0.05) is 11.9 Å². The predicted molar refractivity (Wildman–Crippen MR) is 104 cm³/mol. The maximum Gasteiger partial charge on any atom is 0.185 e. The zero-order valence-corrected chi connectivity index (χ0v) is 15.3. The molecule has 0 saturated heterocycles. The van der Waals surface area contributed by atoms with E-state index in [4.69, 9.17) is 4.42 Å². The van der Waals surface area contributed by atoms with Crippen LogP contribution in [0.15, 0.2) is 76.6 Å². The molecule has 0 amide bonds. The molecule has 26 heavy (non-hydrogen) atoms. The number of amidine groups is 1. The van der Waals surface area contributed by atoms with Crippen LogP contribution in [0.4, 0.5) is 0 Å². The molecule has 1 aliphatic heterocycles. The van der Waals surface area contributed by atoms with Crippen LogP contribution in [0.3, 0.4) is 0 Å². The zero-order valence-electron chi connectivity index (χ0n) is 14.5. The van der Waals surface area contributed by atoms with Crippen molar-refractivity contribution in [2.45, 2.75) is 25.4 Å². The number of aryl methyl sites for hydroxylation is 1. The van der Waals surface area contributed by atoms with E-state index in [2.05, 4.69) is 51.6 Å². The molecule has 0 fully saturated rings. The fourth-order valence-electron chi connectivity index (χ4n) is 2.80. The van der Waals surface area contributed by atoms with Gasteiger partial charge in [0.15, 0.2) is 11.3 Å². The number of nitrogens with zero attached hydrogens (tertiary/aromatic N) is 3. The van der Waals surface area contributed by atoms with Gasteiger partial charge in [-0.3, -0.25) is 10.4 Å². The summed E-state index contributed by atoms with van der Waals surface area (Å²) in [6.07, 6.45) is 3.41. The molecule has 0 radical (unpaired) electrons. The van der Waals surface area contributed by atoms with E-state index >= 15 is 0 Å². The third kappa shape index (κ3) is 3.75. The van der Waals surface area contributed by atoms with Crippen LogP contribution in [-0.2, 0) is 12.3 Å². The zero-order chi connectivity index (χ0) is 17.8. The fraction of sp³-hybridized carbons (Fsp3) is 0.200. The molecular weight excluding hydrogens is 344 g/mol. The van der Waals surface area contributed by atoms with Crippen molar-refractivity contribution < 1.29 is 4.42 Å². The first-order chi connectivity index (χ1) is 12.8. The lowest BCUT2D eigenvalue weighted by molar-refractivity contribution is 0.275. The molecule has 1 N–H and O–H groups in total. The van der Waals surface area contributed by atoms with Gasteiger partial charge in [-0.2, -0.15) is 5.10 Å². The molecule has 5 nitrogen and oxygen atoms in total. The van der Waals surface area contributed by atoms with Crippen molar-refractivity contribution in [3.8, 4) is 0 Å². The van der Waals surface area contributed by atoms with E-state index in [1.165, 1.54) is 11.1 Å². The number of hydrogen-bond donors (Lipinski definition) is 1. The Morgan fingerprint density at radius 2 is 2.00 bits per heavy atom. The van der Waals surface area contributed by atoms with Crippen molar-refractivity contribution in [2.75, 3.05) is 0 Å². The smallest absolute Gasteiger partial charge is 0.185 e. The highest BCUT2D eigenvalue weighted by Gasteiger charge is 2.30. The molecule has 3 heterocycles. The molecule has 1 unspecified atom stereocenters. The van der Waals surface area contributed by atoms with Crippen molar-refractivity contribution in [1.82, 2.24) is 15.3 Å². The molecule has 1 aliphatic rings. The number of rotatable bonds is 5. The number of furan rings is 1. The Labute approximate surface area is 157 Å². The van der Waals surface area contributed by atoms with E-state index in [-0.39, 0.29) is 6.17 Å². The van der Waals surface area contributed by atoms with Gasteiger partial charge in [0.2, 0.25) is 0 Å². The number of hydrogen-bond acceptors (Lipinski definition) is 6. The molecule has 3 aromatic rings. The second kappa shape index (κ2) is 7.66. The highest BCUT2D eigenvalue weighted by atomic mass is 32.2. The van der Waals surface area contributed by atoms with Crippen LogP contribution < -0.4 is 5.43 Å². The minimum atomic E-state index is -0.0955. The van der Waals surface area contributed by atoms with E-state index in [9.17, 15) is 0 Å². The topological polar surface area (TPSA) is 53.7 Å². The van der Waals surface area contributed by atoms with Gasteiger partial charge >= 0.3 is 0 Å². The Bertz CT molecular complexity index is 863. The monoisotopic (exact) mass is 364 g/mol. The van der Waals surface area contributed by atoms with Crippen molar-refractivity contribution in [1.29, 1.82) is 0 Å². The van der Waals surface area contributed by atoms with E-state index in [1.54, 1.807) is 24.2 Å². The second-order valence-corrected chi connectivity index (χ2v) is 7.10. The summed E-state index contributed by atoms with van der Waals surface area (Å²) in [5.74, 6) is 1.77. The van der Waals surface area contributed by atoms with E-state index in [0.29, 0.717) is 6.54 Å². The van der Waals surface area contributed by atoms with Crippen LogP contribution in [0, 0.1) is 6.92 Å². The van der Waals surface area contributed by atoms with Crippen LogP contribution in [0.1, 0.15) is 28.7 Å². The largest absolute Gasteiger partial charge is 0.467 e. The van der Waals surface area contributed by atoms with Gasteiger partial charge in [-0.15, -0.1) is 0 Å². The van der Waals surface area contributed by atoms with Crippen molar-refractivity contribution >= 4 is 16.9 Å². The highest BCUT2D eigenvalue weighted by Crippen LogP contribution is 2.29. The molecule has 0 saturated carbocycles. The maximum absolute atomic E-state index is 5.55. The SMILES string of the molecule is Cc1ccc(CSC2=NNC(c3ccccn3)N2Cc2ccco2)cc1. The lowest BCUT2D eigenvalue weighted by atomic mass is 10.2. The first-order valence-electron chi connectivity index (χ1n) is 8.51. The molecule has 1 aromatic carbocycles. The summed E-state index contributed by atoms with van der Waals surface area (Å²) in [6.45, 7) is 2.74. The predicted octanol–water partition coefficient (Wildman–Crippen LogP) is 4.29. The molecule has 6 heteroatoms. The summed E-state index contributed by atoms with van der Waals surface area (Å²) in [7, 11) is 0. The maximum atomic E-state index is 5.55. The number of hydrazone groups is 1. The Morgan fingerprint density at radius 3 is 2.73 bits per heavy atom. The number of aromatic nitrogens is 1. The fourth-order valence-corrected chi connectivity index (χ4v) is 3.74. The molecule has 1 atom stereocenters. The van der Waals surface area contributed by atoms with E-state index < -0.39 is 0 Å². The molecule has 4 rings (SSSR count). The van der Waals surface area contributed by atoms with Crippen molar-refractivity contribution in [3.05, 3.63) is 89.6 Å². The summed E-state index contributed by atoms with van der Waals surface area (Å²) in [5, 5.41) is 5.50. The van der Waals surface area contributed by atoms with Crippen LogP contribution in [0.5, 0.6) is 0 Å². The quantitative estimate of drug-likeness (QED) is 0.732. The lowest BCUT2D eigenvalue weighted by Gasteiger charge is -2.25. The average molecular weight is 364 g/mol.